The Labute approximate surface area is 189 Å². The number of aromatic nitrogens is 3. The van der Waals surface area contributed by atoms with E-state index in [0.717, 1.165) is 40.8 Å². The Bertz CT molecular complexity index is 1110. The highest BCUT2D eigenvalue weighted by Crippen LogP contribution is 2.73. The second-order valence-electron chi connectivity index (χ2n) is 11.2. The minimum Gasteiger partial charge on any atom is -0.404 e. The highest BCUT2D eigenvalue weighted by atomic mass is 16.5. The van der Waals surface area contributed by atoms with Gasteiger partial charge < -0.3 is 10.5 Å². The van der Waals surface area contributed by atoms with Crippen LogP contribution in [0, 0.1) is 12.3 Å². The van der Waals surface area contributed by atoms with Gasteiger partial charge in [-0.05, 0) is 70.3 Å². The van der Waals surface area contributed by atoms with E-state index < -0.39 is 0 Å². The molecule has 0 radical (unpaired) electrons. The van der Waals surface area contributed by atoms with E-state index in [1.54, 1.807) is 6.20 Å². The number of nitrogens with two attached hydrogens (primary N) is 1. The van der Waals surface area contributed by atoms with Gasteiger partial charge in [-0.15, -0.1) is 0 Å². The first-order chi connectivity index (χ1) is 15.4. The van der Waals surface area contributed by atoms with E-state index in [9.17, 15) is 0 Å². The Balaban J connectivity index is 1.35. The first-order valence-corrected chi connectivity index (χ1v) is 12.1. The van der Waals surface area contributed by atoms with Crippen LogP contribution >= 0.6 is 0 Å². The normalized spacial score (nSPS) is 36.8. The number of hydrogen-bond donors (Lipinski definition) is 1. The monoisotopic (exact) mass is 431 g/mol. The van der Waals surface area contributed by atoms with Crippen molar-refractivity contribution >= 4 is 17.2 Å². The Morgan fingerprint density at radius 1 is 1.22 bits per heavy atom. The largest absolute Gasteiger partial charge is 0.404 e. The summed E-state index contributed by atoms with van der Waals surface area (Å²) in [5.74, 6) is 0.307. The molecule has 5 fully saturated rings. The van der Waals surface area contributed by atoms with Crippen LogP contribution in [0.25, 0.3) is 11.0 Å². The molecule has 0 amide bonds. The van der Waals surface area contributed by atoms with Gasteiger partial charge in [-0.2, -0.15) is 0 Å². The van der Waals surface area contributed by atoms with Crippen LogP contribution in [0.4, 0.5) is 0 Å². The van der Waals surface area contributed by atoms with Crippen LogP contribution in [-0.2, 0) is 10.2 Å². The highest BCUT2D eigenvalue weighted by Gasteiger charge is 2.67. The first kappa shape index (κ1) is 20.3. The lowest BCUT2D eigenvalue weighted by atomic mass is 9.35. The minimum absolute atomic E-state index is 0.0466. The van der Waals surface area contributed by atoms with E-state index in [1.807, 2.05) is 19.3 Å². The van der Waals surface area contributed by atoms with Gasteiger partial charge in [0.25, 0.3) is 0 Å². The van der Waals surface area contributed by atoms with E-state index in [0.29, 0.717) is 17.4 Å². The van der Waals surface area contributed by atoms with Crippen molar-refractivity contribution in [2.75, 3.05) is 0 Å². The Morgan fingerprint density at radius 3 is 2.69 bits per heavy atom. The molecule has 0 spiro atoms. The summed E-state index contributed by atoms with van der Waals surface area (Å²) in [7, 11) is 0. The molecule has 1 saturated heterocycles. The minimum atomic E-state index is -0.0466. The van der Waals surface area contributed by atoms with E-state index >= 15 is 0 Å². The summed E-state index contributed by atoms with van der Waals surface area (Å²) in [6, 6.07) is 2.65. The number of fused-ring (bicyclic) bond motifs is 1. The zero-order chi connectivity index (χ0) is 22.1. The van der Waals surface area contributed by atoms with Crippen LogP contribution in [0.2, 0.25) is 0 Å². The van der Waals surface area contributed by atoms with Crippen LogP contribution in [0.5, 0.6) is 0 Å². The second-order valence-corrected chi connectivity index (χ2v) is 11.2. The summed E-state index contributed by atoms with van der Waals surface area (Å²) in [6.07, 6.45) is 13.5. The zero-order valence-corrected chi connectivity index (χ0v) is 19.3. The molecular weight excluding hydrogens is 398 g/mol. The number of pyridine rings is 1. The van der Waals surface area contributed by atoms with Crippen molar-refractivity contribution in [3.05, 3.63) is 41.1 Å². The average molecular weight is 432 g/mol. The van der Waals surface area contributed by atoms with Gasteiger partial charge in [0.05, 0.1) is 35.2 Å². The van der Waals surface area contributed by atoms with E-state index in [-0.39, 0.29) is 17.6 Å². The van der Waals surface area contributed by atoms with Crippen LogP contribution in [0.1, 0.15) is 81.8 Å². The molecule has 2 N–H and O–H groups in total. The fourth-order valence-electron chi connectivity index (χ4n) is 6.51. The third kappa shape index (κ3) is 3.35. The summed E-state index contributed by atoms with van der Waals surface area (Å²) in [5, 5.41) is 0. The van der Waals surface area contributed by atoms with Gasteiger partial charge in [-0.25, -0.2) is 4.98 Å². The number of ether oxygens (including phenoxy) is 1. The molecule has 3 heterocycles. The lowest BCUT2D eigenvalue weighted by Gasteiger charge is -2.69. The van der Waals surface area contributed by atoms with Crippen LogP contribution in [0.3, 0.4) is 0 Å². The standard InChI is InChI=1S/C26H33N5O/c1-15-10-29-23-21(30-15)8-20(31-24(23)26-12-25(3,13-26)14-26)17-6-16(2)32-22(7-17)18(9-27)11-28-19-4-5-19/h8-11,16-17,19,22H,4-7,12-14,27H2,1-3H3/b18-9+,28-11?/t16-,17+,22+,25?,26?/m1/s1. The van der Waals surface area contributed by atoms with Crippen molar-refractivity contribution in [1.29, 1.82) is 0 Å². The predicted molar refractivity (Wildman–Crippen MR) is 126 cm³/mol. The lowest BCUT2D eigenvalue weighted by molar-refractivity contribution is -0.127. The molecule has 32 heavy (non-hydrogen) atoms. The maximum atomic E-state index is 6.31. The third-order valence-corrected chi connectivity index (χ3v) is 7.94. The number of nitrogens with zero attached hydrogens (tertiary/aromatic N) is 4. The number of aryl methyl sites for hydroxylation is 1. The molecule has 6 nitrogen and oxygen atoms in total. The van der Waals surface area contributed by atoms with Crippen molar-refractivity contribution in [3.63, 3.8) is 0 Å². The van der Waals surface area contributed by atoms with Gasteiger partial charge in [0.1, 0.15) is 5.52 Å². The van der Waals surface area contributed by atoms with Crippen molar-refractivity contribution in [3.8, 4) is 0 Å². The molecule has 6 heteroatoms. The maximum absolute atomic E-state index is 6.31. The van der Waals surface area contributed by atoms with Gasteiger partial charge in [0.2, 0.25) is 0 Å². The average Bonchev–Trinajstić information content (AvgIpc) is 3.54. The van der Waals surface area contributed by atoms with Gasteiger partial charge in [-0.1, -0.05) is 6.92 Å². The third-order valence-electron chi connectivity index (χ3n) is 7.94. The summed E-state index contributed by atoms with van der Waals surface area (Å²) >= 11 is 0. The van der Waals surface area contributed by atoms with Gasteiger partial charge >= 0.3 is 0 Å². The molecule has 5 aliphatic rings. The molecule has 2 aromatic rings. The number of rotatable bonds is 5. The molecular formula is C26H33N5O. The Morgan fingerprint density at radius 2 is 2.00 bits per heavy atom. The predicted octanol–water partition coefficient (Wildman–Crippen LogP) is 4.50. The Kier molecular flexibility index (Phi) is 4.49. The maximum Gasteiger partial charge on any atom is 0.111 e. The van der Waals surface area contributed by atoms with Crippen molar-refractivity contribution < 1.29 is 4.74 Å². The molecule has 2 bridgehead atoms. The Hall–Kier alpha value is -2.34. The highest BCUT2D eigenvalue weighted by molar-refractivity contribution is 5.80. The topological polar surface area (TPSA) is 86.3 Å². The van der Waals surface area contributed by atoms with Crippen molar-refractivity contribution in [2.24, 2.45) is 16.1 Å². The quantitative estimate of drug-likeness (QED) is 0.704. The fourth-order valence-corrected chi connectivity index (χ4v) is 6.51. The molecule has 7 rings (SSSR count). The first-order valence-electron chi connectivity index (χ1n) is 12.1. The zero-order valence-electron chi connectivity index (χ0n) is 19.3. The molecule has 168 valence electrons. The molecule has 0 aromatic carbocycles. The molecule has 4 aliphatic carbocycles. The SMILES string of the molecule is Cc1cnc2c(C34CC(C)(C3)C4)nc([C@H]3C[C@@H](C)O[C@H](/C(C=NC4CC4)=C/N)C3)cc2n1. The molecule has 0 unspecified atom stereocenters. The van der Waals surface area contributed by atoms with Crippen LogP contribution < -0.4 is 5.73 Å². The van der Waals surface area contributed by atoms with Crippen LogP contribution in [-0.4, -0.2) is 39.4 Å². The second kappa shape index (κ2) is 7.08. The van der Waals surface area contributed by atoms with Gasteiger partial charge in [0.15, 0.2) is 0 Å². The lowest BCUT2D eigenvalue weighted by Crippen LogP contribution is -2.63. The van der Waals surface area contributed by atoms with Crippen molar-refractivity contribution in [1.82, 2.24) is 15.0 Å². The van der Waals surface area contributed by atoms with E-state index in [1.165, 1.54) is 37.8 Å². The summed E-state index contributed by atoms with van der Waals surface area (Å²) in [4.78, 5) is 19.6. The van der Waals surface area contributed by atoms with Crippen molar-refractivity contribution in [2.45, 2.75) is 95.3 Å². The summed E-state index contributed by atoms with van der Waals surface area (Å²) in [5.41, 5.74) is 13.0. The molecule has 1 aliphatic heterocycles. The van der Waals surface area contributed by atoms with Gasteiger partial charge in [-0.3, -0.25) is 15.0 Å². The van der Waals surface area contributed by atoms with Gasteiger partial charge in [0, 0.05) is 41.2 Å². The summed E-state index contributed by atoms with van der Waals surface area (Å²) in [6.45, 7) is 6.56. The summed E-state index contributed by atoms with van der Waals surface area (Å²) < 4.78 is 6.31. The van der Waals surface area contributed by atoms with E-state index in [4.69, 9.17) is 25.4 Å². The molecule has 2 aromatic heterocycles. The molecule has 3 atom stereocenters. The smallest absolute Gasteiger partial charge is 0.111 e. The fraction of sp³-hybridized carbons (Fsp3) is 0.615. The molecule has 4 saturated carbocycles. The number of aliphatic imine (C=N–C) groups is 1. The van der Waals surface area contributed by atoms with Crippen LogP contribution in [0.15, 0.2) is 29.0 Å². The number of hydrogen-bond acceptors (Lipinski definition) is 6. The van der Waals surface area contributed by atoms with E-state index in [2.05, 4.69) is 24.9 Å².